The first-order chi connectivity index (χ1) is 9.45. The van der Waals surface area contributed by atoms with E-state index in [0.29, 0.717) is 11.3 Å². The van der Waals surface area contributed by atoms with Gasteiger partial charge >= 0.3 is 0 Å². The Bertz CT molecular complexity index is 491. The first kappa shape index (κ1) is 14.9. The van der Waals surface area contributed by atoms with Gasteiger partial charge in [0.25, 0.3) is 0 Å². The summed E-state index contributed by atoms with van der Waals surface area (Å²) in [6, 6.07) is 4.67. The molecule has 1 aliphatic rings. The number of carbonyl (C=O) groups is 1. The standard InChI is InChI=1S/C15H21FN2O2/c1-10-3-4-13(7-14(10)16)17-15(20)9-18-6-5-12(8-18)11(2)19/h3-4,7,11-12,19H,5-6,8-9H2,1-2H3,(H,17,20). The average Bonchev–Trinajstić information content (AvgIpc) is 2.82. The summed E-state index contributed by atoms with van der Waals surface area (Å²) in [5.74, 6) is -0.239. The zero-order valence-corrected chi connectivity index (χ0v) is 11.9. The van der Waals surface area contributed by atoms with Gasteiger partial charge in [-0.25, -0.2) is 4.39 Å². The molecule has 0 spiro atoms. The summed E-state index contributed by atoms with van der Waals surface area (Å²) in [5, 5.41) is 12.2. The largest absolute Gasteiger partial charge is 0.393 e. The molecule has 0 aliphatic carbocycles. The normalized spacial score (nSPS) is 20.9. The first-order valence-electron chi connectivity index (χ1n) is 6.92. The molecule has 1 heterocycles. The van der Waals surface area contributed by atoms with Gasteiger partial charge in [-0.2, -0.15) is 0 Å². The molecular weight excluding hydrogens is 259 g/mol. The van der Waals surface area contributed by atoms with Crippen molar-refractivity contribution in [2.75, 3.05) is 25.0 Å². The minimum atomic E-state index is -0.339. The molecule has 0 bridgehead atoms. The van der Waals surface area contributed by atoms with Gasteiger partial charge in [0.2, 0.25) is 5.91 Å². The summed E-state index contributed by atoms with van der Waals surface area (Å²) < 4.78 is 13.4. The number of likely N-dealkylation sites (tertiary alicyclic amines) is 1. The lowest BCUT2D eigenvalue weighted by molar-refractivity contribution is -0.117. The van der Waals surface area contributed by atoms with E-state index in [0.717, 1.165) is 19.5 Å². The van der Waals surface area contributed by atoms with Crippen molar-refractivity contribution in [2.45, 2.75) is 26.4 Å². The smallest absolute Gasteiger partial charge is 0.238 e. The van der Waals surface area contributed by atoms with Crippen LogP contribution in [-0.2, 0) is 4.79 Å². The number of benzene rings is 1. The second-order valence-corrected chi connectivity index (χ2v) is 5.54. The van der Waals surface area contributed by atoms with Crippen LogP contribution in [-0.4, -0.2) is 41.7 Å². The van der Waals surface area contributed by atoms with Gasteiger partial charge in [-0.15, -0.1) is 0 Å². The summed E-state index contributed by atoms with van der Waals surface area (Å²) in [6.45, 7) is 5.28. The molecule has 1 amide bonds. The van der Waals surface area contributed by atoms with E-state index in [9.17, 15) is 14.3 Å². The highest BCUT2D eigenvalue weighted by molar-refractivity contribution is 5.92. The van der Waals surface area contributed by atoms with E-state index < -0.39 is 0 Å². The van der Waals surface area contributed by atoms with E-state index in [2.05, 4.69) is 5.32 Å². The van der Waals surface area contributed by atoms with Crippen LogP contribution in [0.15, 0.2) is 18.2 Å². The van der Waals surface area contributed by atoms with E-state index in [-0.39, 0.29) is 30.3 Å². The van der Waals surface area contributed by atoms with Gasteiger partial charge in [-0.1, -0.05) is 6.07 Å². The van der Waals surface area contributed by atoms with Crippen LogP contribution in [0.1, 0.15) is 18.9 Å². The topological polar surface area (TPSA) is 52.6 Å². The maximum absolute atomic E-state index is 13.4. The lowest BCUT2D eigenvalue weighted by Gasteiger charge is -2.17. The molecule has 2 rings (SSSR count). The molecule has 0 aromatic heterocycles. The fraction of sp³-hybridized carbons (Fsp3) is 0.533. The number of halogens is 1. The number of nitrogens with one attached hydrogen (secondary N) is 1. The summed E-state index contributed by atoms with van der Waals surface area (Å²) in [7, 11) is 0. The van der Waals surface area contributed by atoms with E-state index >= 15 is 0 Å². The Balaban J connectivity index is 1.85. The van der Waals surface area contributed by atoms with Crippen LogP contribution >= 0.6 is 0 Å². The Hall–Kier alpha value is -1.46. The highest BCUT2D eigenvalue weighted by Crippen LogP contribution is 2.19. The highest BCUT2D eigenvalue weighted by Gasteiger charge is 2.26. The molecule has 0 saturated carbocycles. The molecule has 2 atom stereocenters. The van der Waals surface area contributed by atoms with Crippen molar-refractivity contribution < 1.29 is 14.3 Å². The highest BCUT2D eigenvalue weighted by atomic mass is 19.1. The third-order valence-electron chi connectivity index (χ3n) is 3.81. The SMILES string of the molecule is Cc1ccc(NC(=O)CN2CCC(C(C)O)C2)cc1F. The van der Waals surface area contributed by atoms with Crippen molar-refractivity contribution in [1.82, 2.24) is 4.90 Å². The maximum atomic E-state index is 13.4. The van der Waals surface area contributed by atoms with Gasteiger partial charge in [0, 0.05) is 12.2 Å². The van der Waals surface area contributed by atoms with Gasteiger partial charge in [0.15, 0.2) is 0 Å². The lowest BCUT2D eigenvalue weighted by Crippen LogP contribution is -2.32. The monoisotopic (exact) mass is 280 g/mol. The lowest BCUT2D eigenvalue weighted by atomic mass is 10.0. The van der Waals surface area contributed by atoms with Crippen LogP contribution < -0.4 is 5.32 Å². The summed E-state index contributed by atoms with van der Waals surface area (Å²) in [4.78, 5) is 13.9. The summed E-state index contributed by atoms with van der Waals surface area (Å²) >= 11 is 0. The van der Waals surface area contributed by atoms with Gasteiger partial charge in [-0.05, 0) is 50.4 Å². The van der Waals surface area contributed by atoms with Crippen LogP contribution in [0.5, 0.6) is 0 Å². The van der Waals surface area contributed by atoms with Gasteiger partial charge in [0.1, 0.15) is 5.82 Å². The fourth-order valence-corrected chi connectivity index (χ4v) is 2.47. The molecule has 1 fully saturated rings. The average molecular weight is 280 g/mol. The zero-order valence-electron chi connectivity index (χ0n) is 11.9. The van der Waals surface area contributed by atoms with Crippen molar-refractivity contribution in [3.05, 3.63) is 29.6 Å². The zero-order chi connectivity index (χ0) is 14.7. The first-order valence-corrected chi connectivity index (χ1v) is 6.92. The molecular formula is C15H21FN2O2. The number of nitrogens with zero attached hydrogens (tertiary/aromatic N) is 1. The van der Waals surface area contributed by atoms with E-state index in [1.165, 1.54) is 6.07 Å². The predicted octanol–water partition coefficient (Wildman–Crippen LogP) is 1.78. The van der Waals surface area contributed by atoms with Crippen molar-refractivity contribution in [1.29, 1.82) is 0 Å². The van der Waals surface area contributed by atoms with Crippen molar-refractivity contribution in [2.24, 2.45) is 5.92 Å². The number of aryl methyl sites for hydroxylation is 1. The Kier molecular flexibility index (Phi) is 4.73. The molecule has 1 aromatic carbocycles. The summed E-state index contributed by atoms with van der Waals surface area (Å²) in [5.41, 5.74) is 1.03. The number of aliphatic hydroxyl groups excluding tert-OH is 1. The number of amides is 1. The number of hydrogen-bond acceptors (Lipinski definition) is 3. The third-order valence-corrected chi connectivity index (χ3v) is 3.81. The third kappa shape index (κ3) is 3.77. The number of anilines is 1. The maximum Gasteiger partial charge on any atom is 0.238 e. The second-order valence-electron chi connectivity index (χ2n) is 5.54. The number of rotatable bonds is 4. The van der Waals surface area contributed by atoms with E-state index in [1.807, 2.05) is 4.90 Å². The molecule has 1 aliphatic heterocycles. The van der Waals surface area contributed by atoms with E-state index in [1.54, 1.807) is 26.0 Å². The quantitative estimate of drug-likeness (QED) is 0.884. The Morgan fingerprint density at radius 1 is 1.60 bits per heavy atom. The molecule has 5 heteroatoms. The Morgan fingerprint density at radius 2 is 2.35 bits per heavy atom. The number of aliphatic hydroxyl groups is 1. The molecule has 2 N–H and O–H groups in total. The molecule has 110 valence electrons. The van der Waals surface area contributed by atoms with E-state index in [4.69, 9.17) is 0 Å². The van der Waals surface area contributed by atoms with Crippen molar-refractivity contribution in [3.63, 3.8) is 0 Å². The predicted molar refractivity (Wildman–Crippen MR) is 76.0 cm³/mol. The molecule has 20 heavy (non-hydrogen) atoms. The van der Waals surface area contributed by atoms with Gasteiger partial charge < -0.3 is 10.4 Å². The Morgan fingerprint density at radius 3 is 2.95 bits per heavy atom. The molecule has 2 unspecified atom stereocenters. The minimum Gasteiger partial charge on any atom is -0.393 e. The molecule has 0 radical (unpaired) electrons. The number of hydrogen-bond donors (Lipinski definition) is 2. The molecule has 1 saturated heterocycles. The van der Waals surface area contributed by atoms with Crippen LogP contribution in [0.25, 0.3) is 0 Å². The van der Waals surface area contributed by atoms with Crippen LogP contribution in [0.3, 0.4) is 0 Å². The van der Waals surface area contributed by atoms with Crippen LogP contribution in [0, 0.1) is 18.7 Å². The van der Waals surface area contributed by atoms with Crippen molar-refractivity contribution >= 4 is 11.6 Å². The van der Waals surface area contributed by atoms with Gasteiger partial charge in [0.05, 0.1) is 12.6 Å². The fourth-order valence-electron chi connectivity index (χ4n) is 2.47. The van der Waals surface area contributed by atoms with Crippen LogP contribution in [0.4, 0.5) is 10.1 Å². The van der Waals surface area contributed by atoms with Crippen LogP contribution in [0.2, 0.25) is 0 Å². The molecule has 4 nitrogen and oxygen atoms in total. The van der Waals surface area contributed by atoms with Gasteiger partial charge in [-0.3, -0.25) is 9.69 Å². The number of carbonyl (C=O) groups excluding carboxylic acids is 1. The second kappa shape index (κ2) is 6.33. The molecule has 1 aromatic rings. The summed E-state index contributed by atoms with van der Waals surface area (Å²) in [6.07, 6.45) is 0.568. The Labute approximate surface area is 118 Å². The minimum absolute atomic E-state index is 0.153. The van der Waals surface area contributed by atoms with Crippen molar-refractivity contribution in [3.8, 4) is 0 Å².